The molecule has 1 heterocycles. The zero-order chi connectivity index (χ0) is 16.6. The average molecular weight is 350 g/mol. The van der Waals surface area contributed by atoms with Gasteiger partial charge < -0.3 is 13.8 Å². The maximum absolute atomic E-state index is 5.84. The van der Waals surface area contributed by atoms with E-state index in [1.165, 1.54) is 62.8 Å². The molecule has 0 amide bonds. The van der Waals surface area contributed by atoms with Gasteiger partial charge in [-0.05, 0) is 63.2 Å². The number of benzene rings is 1. The molecular weight excluding hydrogens is 318 g/mol. The third kappa shape index (κ3) is 4.90. The molecule has 0 saturated heterocycles. The van der Waals surface area contributed by atoms with Gasteiger partial charge in [0.2, 0.25) is 0 Å². The number of hydrogen-bond acceptors (Lipinski definition) is 4. The molecule has 1 aliphatic carbocycles. The largest absolute Gasteiger partial charge is 0.492 e. The molecule has 0 spiro atoms. The fourth-order valence-electron chi connectivity index (χ4n) is 3.87. The summed E-state index contributed by atoms with van der Waals surface area (Å²) in [5.41, 5.74) is 1.32. The van der Waals surface area contributed by atoms with Crippen LogP contribution in [0.25, 0.3) is 0 Å². The van der Waals surface area contributed by atoms with Gasteiger partial charge in [-0.25, -0.2) is 0 Å². The predicted molar refractivity (Wildman–Crippen MR) is 101 cm³/mol. The van der Waals surface area contributed by atoms with E-state index in [0.717, 1.165) is 49.2 Å². The highest BCUT2D eigenvalue weighted by Crippen LogP contribution is 2.36. The minimum absolute atomic E-state index is 0.816. The summed E-state index contributed by atoms with van der Waals surface area (Å²) in [7, 11) is 0. The summed E-state index contributed by atoms with van der Waals surface area (Å²) >= 11 is 1.49. The number of ether oxygens (including phenoxy) is 1. The summed E-state index contributed by atoms with van der Waals surface area (Å²) in [6.45, 7) is 6.35. The highest BCUT2D eigenvalue weighted by Gasteiger charge is 2.20. The van der Waals surface area contributed by atoms with Crippen LogP contribution in [-0.2, 0) is 10.6 Å². The van der Waals surface area contributed by atoms with Gasteiger partial charge in [0.05, 0.1) is 18.1 Å². The van der Waals surface area contributed by atoms with E-state index in [-0.39, 0.29) is 0 Å². The Kier molecular flexibility index (Phi) is 7.30. The number of nitrogens with zero attached hydrogens (tertiary/aromatic N) is 1. The van der Waals surface area contributed by atoms with Gasteiger partial charge in [0.1, 0.15) is 5.75 Å². The van der Waals surface area contributed by atoms with Crippen LogP contribution in [0.3, 0.4) is 0 Å². The normalized spacial score (nSPS) is 17.9. The van der Waals surface area contributed by atoms with Gasteiger partial charge in [-0.2, -0.15) is 0 Å². The van der Waals surface area contributed by atoms with E-state index < -0.39 is 0 Å². The molecule has 1 aromatic rings. The Morgan fingerprint density at radius 2 is 2.08 bits per heavy atom. The van der Waals surface area contributed by atoms with Gasteiger partial charge in [-0.3, -0.25) is 0 Å². The smallest absolute Gasteiger partial charge is 0.138 e. The van der Waals surface area contributed by atoms with Crippen LogP contribution in [0.4, 0.5) is 0 Å². The van der Waals surface area contributed by atoms with Crippen molar-refractivity contribution in [3.63, 3.8) is 0 Å². The Labute approximate surface area is 151 Å². The molecule has 0 aromatic heterocycles. The monoisotopic (exact) mass is 349 g/mol. The maximum atomic E-state index is 5.84. The van der Waals surface area contributed by atoms with Crippen LogP contribution in [0.1, 0.15) is 57.4 Å². The predicted octanol–water partition coefficient (Wildman–Crippen LogP) is 5.08. The van der Waals surface area contributed by atoms with Gasteiger partial charge in [-0.1, -0.05) is 31.9 Å². The standard InChI is InChI=1S/C20H31NO2S/c1-2-21(18-11-3-4-12-18)14-5-6-16-23-24-19-13-7-9-17-10-8-15-22-20(17)19/h7,9,13,18H,2-6,8,10-12,14-16H2,1H3. The van der Waals surface area contributed by atoms with Gasteiger partial charge in [0.25, 0.3) is 0 Å². The fraction of sp³-hybridized carbons (Fsp3) is 0.700. The second kappa shape index (κ2) is 9.69. The van der Waals surface area contributed by atoms with Crippen molar-refractivity contribution in [3.05, 3.63) is 23.8 Å². The first-order chi connectivity index (χ1) is 11.9. The van der Waals surface area contributed by atoms with Crippen LogP contribution < -0.4 is 4.74 Å². The van der Waals surface area contributed by atoms with Crippen LogP contribution in [0, 0.1) is 0 Å². The van der Waals surface area contributed by atoms with E-state index >= 15 is 0 Å². The quantitative estimate of drug-likeness (QED) is 0.458. The van der Waals surface area contributed by atoms with Crippen molar-refractivity contribution in [1.29, 1.82) is 0 Å². The number of rotatable bonds is 9. The zero-order valence-corrected chi connectivity index (χ0v) is 15.8. The summed E-state index contributed by atoms with van der Waals surface area (Å²) < 4.78 is 11.7. The molecular formula is C20H31NO2S. The molecule has 3 nitrogen and oxygen atoms in total. The summed E-state index contributed by atoms with van der Waals surface area (Å²) in [5.74, 6) is 1.05. The zero-order valence-electron chi connectivity index (χ0n) is 15.0. The number of hydrogen-bond donors (Lipinski definition) is 0. The van der Waals surface area contributed by atoms with Crippen LogP contribution in [0.15, 0.2) is 23.1 Å². The van der Waals surface area contributed by atoms with E-state index in [2.05, 4.69) is 30.0 Å². The minimum atomic E-state index is 0.816. The molecule has 1 aliphatic heterocycles. The Hall–Kier alpha value is -0.710. The summed E-state index contributed by atoms with van der Waals surface area (Å²) in [4.78, 5) is 3.80. The molecule has 134 valence electrons. The van der Waals surface area contributed by atoms with Crippen molar-refractivity contribution in [2.24, 2.45) is 0 Å². The summed E-state index contributed by atoms with van der Waals surface area (Å²) in [5, 5.41) is 0. The minimum Gasteiger partial charge on any atom is -0.492 e. The molecule has 0 N–H and O–H groups in total. The van der Waals surface area contributed by atoms with Crippen molar-refractivity contribution in [3.8, 4) is 5.75 Å². The lowest BCUT2D eigenvalue weighted by molar-refractivity contribution is 0.200. The maximum Gasteiger partial charge on any atom is 0.138 e. The number of para-hydroxylation sites is 1. The SMILES string of the molecule is CCN(CCCCOSc1cccc2c1OCCC2)C1CCCC1. The van der Waals surface area contributed by atoms with Gasteiger partial charge in [0, 0.05) is 18.1 Å². The second-order valence-corrected chi connectivity index (χ2v) is 7.72. The van der Waals surface area contributed by atoms with Gasteiger partial charge >= 0.3 is 0 Å². The van der Waals surface area contributed by atoms with Crippen molar-refractivity contribution in [2.75, 3.05) is 26.3 Å². The molecule has 1 fully saturated rings. The van der Waals surface area contributed by atoms with Crippen molar-refractivity contribution in [2.45, 2.75) is 69.2 Å². The van der Waals surface area contributed by atoms with E-state index in [9.17, 15) is 0 Å². The molecule has 1 saturated carbocycles. The van der Waals surface area contributed by atoms with Crippen molar-refractivity contribution >= 4 is 12.0 Å². The molecule has 4 heteroatoms. The number of fused-ring (bicyclic) bond motifs is 1. The first kappa shape index (κ1) is 18.1. The molecule has 0 atom stereocenters. The first-order valence-electron chi connectivity index (χ1n) is 9.66. The number of aryl methyl sites for hydroxylation is 1. The average Bonchev–Trinajstić information content (AvgIpc) is 3.15. The highest BCUT2D eigenvalue weighted by molar-refractivity contribution is 7.94. The lowest BCUT2D eigenvalue weighted by Crippen LogP contribution is -2.33. The molecule has 0 unspecified atom stereocenters. The third-order valence-electron chi connectivity index (χ3n) is 5.22. The van der Waals surface area contributed by atoms with Crippen LogP contribution in [0.5, 0.6) is 5.75 Å². The molecule has 1 aromatic carbocycles. The van der Waals surface area contributed by atoms with E-state index in [4.69, 9.17) is 8.92 Å². The van der Waals surface area contributed by atoms with Crippen molar-refractivity contribution in [1.82, 2.24) is 4.90 Å². The Morgan fingerprint density at radius 3 is 2.92 bits per heavy atom. The Bertz CT molecular complexity index is 502. The molecule has 24 heavy (non-hydrogen) atoms. The van der Waals surface area contributed by atoms with Gasteiger partial charge in [0.15, 0.2) is 0 Å². The summed E-state index contributed by atoms with van der Waals surface area (Å²) in [6.07, 6.45) is 10.3. The first-order valence-corrected chi connectivity index (χ1v) is 10.4. The second-order valence-electron chi connectivity index (χ2n) is 6.88. The van der Waals surface area contributed by atoms with Crippen molar-refractivity contribution < 1.29 is 8.92 Å². The molecule has 2 aliphatic rings. The molecule has 0 bridgehead atoms. The van der Waals surface area contributed by atoms with Crippen LogP contribution >= 0.6 is 12.0 Å². The van der Waals surface area contributed by atoms with Gasteiger partial charge in [-0.15, -0.1) is 0 Å². The highest BCUT2D eigenvalue weighted by atomic mass is 32.2. The molecule has 3 rings (SSSR count). The van der Waals surface area contributed by atoms with Crippen LogP contribution in [-0.4, -0.2) is 37.2 Å². The van der Waals surface area contributed by atoms with E-state index in [0.29, 0.717) is 0 Å². The van der Waals surface area contributed by atoms with E-state index in [1.54, 1.807) is 0 Å². The van der Waals surface area contributed by atoms with E-state index in [1.807, 2.05) is 0 Å². The lowest BCUT2D eigenvalue weighted by atomic mass is 10.1. The topological polar surface area (TPSA) is 21.7 Å². The Morgan fingerprint density at radius 1 is 1.21 bits per heavy atom. The lowest BCUT2D eigenvalue weighted by Gasteiger charge is -2.27. The van der Waals surface area contributed by atoms with Crippen LogP contribution in [0.2, 0.25) is 0 Å². The Balaban J connectivity index is 1.34. The molecule has 0 radical (unpaired) electrons. The third-order valence-corrected chi connectivity index (χ3v) is 6.00. The fourth-order valence-corrected chi connectivity index (χ4v) is 4.60. The number of unbranched alkanes of at least 4 members (excludes halogenated alkanes) is 1. The summed E-state index contributed by atoms with van der Waals surface area (Å²) in [6, 6.07) is 7.23.